The lowest BCUT2D eigenvalue weighted by molar-refractivity contribution is -0.142. The number of aliphatic hydroxyl groups excluding tert-OH is 1. The van der Waals surface area contributed by atoms with Crippen LogP contribution in [0.4, 0.5) is 0 Å². The molecule has 5 atom stereocenters. The summed E-state index contributed by atoms with van der Waals surface area (Å²) in [5.74, 6) is 0.199. The van der Waals surface area contributed by atoms with Crippen molar-refractivity contribution in [3.8, 4) is 11.5 Å². The molecule has 1 saturated carbocycles. The second-order valence-corrected chi connectivity index (χ2v) is 13.1. The fourth-order valence-electron chi connectivity index (χ4n) is 7.12. The Hall–Kier alpha value is -2.05. The maximum absolute atomic E-state index is 11.5. The SMILES string of the molecule is CCCCCCC(C)(C)c1cc(O)c2c(c1)OC(C)(C)[C@@H]1CC=C(C(O)CNC3CCCC3C(=O)O)C[C@@H]21. The summed E-state index contributed by atoms with van der Waals surface area (Å²) < 4.78 is 6.57. The first kappa shape index (κ1) is 28.9. The van der Waals surface area contributed by atoms with Crippen LogP contribution in [0.3, 0.4) is 0 Å². The first-order chi connectivity index (χ1) is 17.9. The number of aliphatic carboxylic acids is 1. The molecule has 6 nitrogen and oxygen atoms in total. The zero-order valence-corrected chi connectivity index (χ0v) is 24.1. The monoisotopic (exact) mass is 527 g/mol. The molecule has 6 heteroatoms. The van der Waals surface area contributed by atoms with Crippen LogP contribution in [0.15, 0.2) is 23.8 Å². The summed E-state index contributed by atoms with van der Waals surface area (Å²) in [6.45, 7) is 11.3. The van der Waals surface area contributed by atoms with E-state index in [1.165, 1.54) is 25.7 Å². The van der Waals surface area contributed by atoms with E-state index in [4.69, 9.17) is 4.74 Å². The van der Waals surface area contributed by atoms with Gasteiger partial charge in [-0.2, -0.15) is 0 Å². The Morgan fingerprint density at radius 3 is 2.68 bits per heavy atom. The van der Waals surface area contributed by atoms with Gasteiger partial charge in [0, 0.05) is 30.0 Å². The number of carbonyl (C=O) groups is 1. The third-order valence-corrected chi connectivity index (χ3v) is 9.60. The lowest BCUT2D eigenvalue weighted by Crippen LogP contribution is -2.46. The highest BCUT2D eigenvalue weighted by Crippen LogP contribution is 2.55. The van der Waals surface area contributed by atoms with Crippen LogP contribution in [0.5, 0.6) is 11.5 Å². The number of rotatable bonds is 11. The Labute approximate surface area is 228 Å². The number of phenols is 1. The van der Waals surface area contributed by atoms with Crippen LogP contribution >= 0.6 is 0 Å². The molecule has 212 valence electrons. The molecule has 0 bridgehead atoms. The van der Waals surface area contributed by atoms with Crippen molar-refractivity contribution in [2.75, 3.05) is 6.54 Å². The molecule has 3 unspecified atom stereocenters. The Morgan fingerprint density at radius 1 is 1.21 bits per heavy atom. The fourth-order valence-corrected chi connectivity index (χ4v) is 7.12. The van der Waals surface area contributed by atoms with E-state index < -0.39 is 17.7 Å². The third-order valence-electron chi connectivity index (χ3n) is 9.60. The molecule has 4 N–H and O–H groups in total. The first-order valence-electron chi connectivity index (χ1n) is 14.8. The summed E-state index contributed by atoms with van der Waals surface area (Å²) in [5, 5.41) is 35.2. The van der Waals surface area contributed by atoms with Gasteiger partial charge in [-0.05, 0) is 74.6 Å². The van der Waals surface area contributed by atoms with Crippen molar-refractivity contribution in [1.29, 1.82) is 0 Å². The number of hydrogen-bond acceptors (Lipinski definition) is 5. The molecule has 3 aliphatic rings. The van der Waals surface area contributed by atoms with E-state index in [-0.39, 0.29) is 29.2 Å². The molecule has 1 heterocycles. The van der Waals surface area contributed by atoms with Gasteiger partial charge >= 0.3 is 5.97 Å². The molecular weight excluding hydrogens is 478 g/mol. The molecule has 1 aliphatic heterocycles. The highest BCUT2D eigenvalue weighted by atomic mass is 16.5. The maximum Gasteiger partial charge on any atom is 0.308 e. The van der Waals surface area contributed by atoms with E-state index in [2.05, 4.69) is 52.1 Å². The summed E-state index contributed by atoms with van der Waals surface area (Å²) >= 11 is 0. The summed E-state index contributed by atoms with van der Waals surface area (Å²) in [6.07, 6.45) is 11.3. The minimum atomic E-state index is -0.755. The van der Waals surface area contributed by atoms with Gasteiger partial charge in [0.15, 0.2) is 0 Å². The average molecular weight is 528 g/mol. The van der Waals surface area contributed by atoms with Gasteiger partial charge in [0.1, 0.15) is 17.1 Å². The van der Waals surface area contributed by atoms with E-state index in [1.54, 1.807) is 0 Å². The second-order valence-electron chi connectivity index (χ2n) is 13.1. The topological polar surface area (TPSA) is 99.0 Å². The molecule has 4 rings (SSSR count). The zero-order valence-electron chi connectivity index (χ0n) is 24.1. The van der Waals surface area contributed by atoms with Crippen molar-refractivity contribution >= 4 is 5.97 Å². The van der Waals surface area contributed by atoms with Gasteiger partial charge in [0.25, 0.3) is 0 Å². The lowest BCUT2D eigenvalue weighted by atomic mass is 9.66. The Morgan fingerprint density at radius 2 is 1.97 bits per heavy atom. The Kier molecular flexibility index (Phi) is 8.83. The summed E-state index contributed by atoms with van der Waals surface area (Å²) in [6, 6.07) is 4.00. The number of ether oxygens (including phenoxy) is 1. The zero-order chi connectivity index (χ0) is 27.7. The molecule has 2 aliphatic carbocycles. The largest absolute Gasteiger partial charge is 0.508 e. The van der Waals surface area contributed by atoms with E-state index in [1.807, 2.05) is 6.07 Å². The first-order valence-corrected chi connectivity index (χ1v) is 14.8. The number of hydrogen-bond donors (Lipinski definition) is 4. The second kappa shape index (κ2) is 11.6. The number of carboxylic acids is 1. The number of aliphatic hydroxyl groups is 1. The van der Waals surface area contributed by atoms with Crippen molar-refractivity contribution in [2.45, 2.75) is 128 Å². The maximum atomic E-state index is 11.5. The predicted molar refractivity (Wildman–Crippen MR) is 151 cm³/mol. The molecule has 1 aromatic carbocycles. The highest BCUT2D eigenvalue weighted by molar-refractivity contribution is 5.71. The van der Waals surface area contributed by atoms with Gasteiger partial charge in [0.05, 0.1) is 12.0 Å². The highest BCUT2D eigenvalue weighted by Gasteiger charge is 2.47. The lowest BCUT2D eigenvalue weighted by Gasteiger charge is -2.48. The van der Waals surface area contributed by atoms with Crippen LogP contribution in [0.1, 0.15) is 116 Å². The van der Waals surface area contributed by atoms with Gasteiger partial charge in [-0.25, -0.2) is 0 Å². The summed E-state index contributed by atoms with van der Waals surface area (Å²) in [5.41, 5.74) is 2.50. The van der Waals surface area contributed by atoms with Gasteiger partial charge in [0.2, 0.25) is 0 Å². The number of allylic oxidation sites excluding steroid dienone is 1. The van der Waals surface area contributed by atoms with Crippen molar-refractivity contribution in [3.05, 3.63) is 34.9 Å². The van der Waals surface area contributed by atoms with Gasteiger partial charge < -0.3 is 25.4 Å². The van der Waals surface area contributed by atoms with Crippen molar-refractivity contribution < 1.29 is 24.9 Å². The minimum absolute atomic E-state index is 0.0574. The molecule has 0 spiro atoms. The number of nitrogens with one attached hydrogen (secondary N) is 1. The van der Waals surface area contributed by atoms with Gasteiger partial charge in [-0.1, -0.05) is 59.0 Å². The molecule has 38 heavy (non-hydrogen) atoms. The Bertz CT molecular complexity index is 1030. The van der Waals surface area contributed by atoms with Crippen LogP contribution in [-0.2, 0) is 10.2 Å². The van der Waals surface area contributed by atoms with E-state index in [9.17, 15) is 20.1 Å². The Balaban J connectivity index is 1.51. The predicted octanol–water partition coefficient (Wildman–Crippen LogP) is 6.44. The molecule has 1 fully saturated rings. The number of carboxylic acid groups (broad SMARTS) is 1. The third kappa shape index (κ3) is 6.07. The fraction of sp³-hybridized carbons (Fsp3) is 0.719. The molecule has 1 aromatic rings. The van der Waals surface area contributed by atoms with Crippen molar-refractivity contribution in [3.63, 3.8) is 0 Å². The minimum Gasteiger partial charge on any atom is -0.508 e. The van der Waals surface area contributed by atoms with Gasteiger partial charge in [-0.15, -0.1) is 0 Å². The number of unbranched alkanes of at least 4 members (excludes halogenated alkanes) is 3. The van der Waals surface area contributed by atoms with Crippen LogP contribution in [0.25, 0.3) is 0 Å². The quantitative estimate of drug-likeness (QED) is 0.195. The standard InChI is InChI=1S/C32H49NO5/c1-6-7-8-9-15-31(2,3)21-17-26(34)29-23-16-20(13-14-24(23)32(4,5)38-28(29)18-21)27(35)19-33-25-12-10-11-22(25)30(36)37/h13,17-18,22-25,27,33-35H,6-12,14-16,19H2,1-5H3,(H,36,37)/t22?,23-,24-,25?,27?/m1/s1. The number of aromatic hydroxyl groups is 1. The van der Waals surface area contributed by atoms with Gasteiger partial charge in [-0.3, -0.25) is 4.79 Å². The van der Waals surface area contributed by atoms with Crippen LogP contribution < -0.4 is 10.1 Å². The van der Waals surface area contributed by atoms with Crippen molar-refractivity contribution in [2.24, 2.45) is 11.8 Å². The summed E-state index contributed by atoms with van der Waals surface area (Å²) in [7, 11) is 0. The molecule has 0 aromatic heterocycles. The number of phenolic OH excluding ortho intramolecular Hbond substituents is 1. The van der Waals surface area contributed by atoms with Crippen LogP contribution in [-0.4, -0.2) is 45.6 Å². The average Bonchev–Trinajstić information content (AvgIpc) is 3.33. The number of benzene rings is 1. The van der Waals surface area contributed by atoms with Crippen LogP contribution in [0, 0.1) is 11.8 Å². The van der Waals surface area contributed by atoms with Crippen LogP contribution in [0.2, 0.25) is 0 Å². The van der Waals surface area contributed by atoms with E-state index >= 15 is 0 Å². The molecule has 0 amide bonds. The smallest absolute Gasteiger partial charge is 0.308 e. The van der Waals surface area contributed by atoms with E-state index in [0.717, 1.165) is 48.1 Å². The summed E-state index contributed by atoms with van der Waals surface area (Å²) in [4.78, 5) is 11.5. The molecule has 0 radical (unpaired) electrons. The molecular formula is C32H49NO5. The van der Waals surface area contributed by atoms with E-state index in [0.29, 0.717) is 25.1 Å². The molecule has 0 saturated heterocycles. The normalized spacial score (nSPS) is 27.2. The number of fused-ring (bicyclic) bond motifs is 3. The van der Waals surface area contributed by atoms with Crippen molar-refractivity contribution in [1.82, 2.24) is 5.32 Å².